The van der Waals surface area contributed by atoms with Gasteiger partial charge in [0, 0.05) is 6.07 Å². The summed E-state index contributed by atoms with van der Waals surface area (Å²) in [6, 6.07) is 11.3. The lowest BCUT2D eigenvalue weighted by Crippen LogP contribution is -2.33. The predicted octanol–water partition coefficient (Wildman–Crippen LogP) is 4.60. The van der Waals surface area contributed by atoms with E-state index in [1.54, 1.807) is 24.3 Å². The average Bonchev–Trinajstić information content (AvgIpc) is 3.31. The first-order chi connectivity index (χ1) is 13.9. The number of carbonyl (C=O) groups excluding carboxylic acids is 1. The molecule has 1 aromatic heterocycles. The third-order valence-corrected chi connectivity index (χ3v) is 6.62. The Kier molecular flexibility index (Phi) is 5.29. The Hall–Kier alpha value is -2.84. The number of anilines is 1. The number of thiazole rings is 1. The maximum absolute atomic E-state index is 12.8. The zero-order valence-electron chi connectivity index (χ0n) is 16.3. The van der Waals surface area contributed by atoms with Crippen molar-refractivity contribution in [1.82, 2.24) is 9.88 Å². The van der Waals surface area contributed by atoms with E-state index in [9.17, 15) is 14.9 Å². The van der Waals surface area contributed by atoms with E-state index in [1.165, 1.54) is 6.07 Å². The zero-order valence-corrected chi connectivity index (χ0v) is 17.2. The summed E-state index contributed by atoms with van der Waals surface area (Å²) >= 11 is 1.67. The first kappa shape index (κ1) is 19.5. The number of carbonyl (C=O) groups is 1. The molecule has 7 nitrogen and oxygen atoms in total. The highest BCUT2D eigenvalue weighted by molar-refractivity contribution is 7.18. The third kappa shape index (κ3) is 3.86. The van der Waals surface area contributed by atoms with E-state index in [4.69, 9.17) is 4.98 Å². The number of nitrogens with zero attached hydrogens (tertiary/aromatic N) is 3. The minimum Gasteiger partial charge on any atom is -0.319 e. The lowest BCUT2D eigenvalue weighted by molar-refractivity contribution is -0.384. The van der Waals surface area contributed by atoms with Gasteiger partial charge in [0.1, 0.15) is 10.7 Å². The van der Waals surface area contributed by atoms with Crippen molar-refractivity contribution in [3.63, 3.8) is 0 Å². The molecular weight excluding hydrogens is 388 g/mol. The number of hydrogen-bond donors (Lipinski definition) is 1. The lowest BCUT2D eigenvalue weighted by Gasteiger charge is -2.22. The number of hydrogen-bond acceptors (Lipinski definition) is 6. The molecule has 0 aliphatic carbocycles. The van der Waals surface area contributed by atoms with E-state index in [1.807, 2.05) is 25.1 Å². The normalized spacial score (nSPS) is 17.0. The summed E-state index contributed by atoms with van der Waals surface area (Å²) in [4.78, 5) is 30.5. The van der Waals surface area contributed by atoms with Gasteiger partial charge in [-0.05, 0) is 56.5 Å². The van der Waals surface area contributed by atoms with Crippen LogP contribution in [-0.2, 0) is 4.79 Å². The van der Waals surface area contributed by atoms with E-state index in [0.717, 1.165) is 45.7 Å². The highest BCUT2D eigenvalue weighted by Crippen LogP contribution is 2.36. The molecule has 1 amide bonds. The van der Waals surface area contributed by atoms with Crippen LogP contribution in [-0.4, -0.2) is 33.8 Å². The molecule has 0 saturated carbocycles. The SMILES string of the molecule is Cc1ccc([N+](=O)[O-])c(NC(=O)CN2CCC[C@@H]2c2nc3ccccc3s2)c1C. The number of nitro groups is 1. The van der Waals surface area contributed by atoms with Crippen LogP contribution in [0.2, 0.25) is 0 Å². The molecule has 1 aliphatic heterocycles. The van der Waals surface area contributed by atoms with Crippen molar-refractivity contribution >= 4 is 38.8 Å². The quantitative estimate of drug-likeness (QED) is 0.491. The van der Waals surface area contributed by atoms with E-state index < -0.39 is 4.92 Å². The van der Waals surface area contributed by atoms with E-state index in [0.29, 0.717) is 0 Å². The number of aromatic nitrogens is 1. The molecule has 0 spiro atoms. The number of likely N-dealkylation sites (tertiary alicyclic amines) is 1. The number of nitro benzene ring substituents is 1. The molecule has 0 bridgehead atoms. The fourth-order valence-corrected chi connectivity index (χ4v) is 4.94. The Balaban J connectivity index is 1.52. The fourth-order valence-electron chi connectivity index (χ4n) is 3.80. The summed E-state index contributed by atoms with van der Waals surface area (Å²) < 4.78 is 1.14. The Morgan fingerprint density at radius 3 is 2.86 bits per heavy atom. The molecule has 1 aliphatic rings. The molecule has 0 unspecified atom stereocenters. The van der Waals surface area contributed by atoms with Gasteiger partial charge in [-0.2, -0.15) is 0 Å². The molecule has 3 aromatic rings. The van der Waals surface area contributed by atoms with Crippen LogP contribution in [0.5, 0.6) is 0 Å². The van der Waals surface area contributed by atoms with Crippen molar-refractivity contribution in [2.45, 2.75) is 32.7 Å². The van der Waals surface area contributed by atoms with Crippen molar-refractivity contribution < 1.29 is 9.72 Å². The van der Waals surface area contributed by atoms with Gasteiger partial charge in [0.2, 0.25) is 5.91 Å². The molecule has 1 fully saturated rings. The van der Waals surface area contributed by atoms with Crippen molar-refractivity contribution in [1.29, 1.82) is 0 Å². The summed E-state index contributed by atoms with van der Waals surface area (Å²) in [6.45, 7) is 4.66. The van der Waals surface area contributed by atoms with Gasteiger partial charge in [0.15, 0.2) is 0 Å². The molecular formula is C21H22N4O3S. The number of rotatable bonds is 5. The Bertz CT molecular complexity index is 1060. The van der Waals surface area contributed by atoms with Crippen LogP contribution in [0.3, 0.4) is 0 Å². The van der Waals surface area contributed by atoms with Gasteiger partial charge in [-0.15, -0.1) is 11.3 Å². The first-order valence-electron chi connectivity index (χ1n) is 9.58. The zero-order chi connectivity index (χ0) is 20.5. The van der Waals surface area contributed by atoms with Gasteiger partial charge in [-0.1, -0.05) is 18.2 Å². The fraction of sp³-hybridized carbons (Fsp3) is 0.333. The Morgan fingerprint density at radius 1 is 1.31 bits per heavy atom. The van der Waals surface area contributed by atoms with Crippen molar-refractivity contribution in [2.75, 3.05) is 18.4 Å². The molecule has 0 radical (unpaired) electrons. The summed E-state index contributed by atoms with van der Waals surface area (Å²) in [6.07, 6.45) is 1.95. The molecule has 29 heavy (non-hydrogen) atoms. The molecule has 8 heteroatoms. The predicted molar refractivity (Wildman–Crippen MR) is 114 cm³/mol. The molecule has 2 heterocycles. The van der Waals surface area contributed by atoms with Crippen molar-refractivity contribution in [3.05, 3.63) is 62.6 Å². The number of benzene rings is 2. The molecule has 4 rings (SSSR count). The molecule has 2 aromatic carbocycles. The number of nitrogens with one attached hydrogen (secondary N) is 1. The minimum absolute atomic E-state index is 0.0782. The van der Waals surface area contributed by atoms with E-state index >= 15 is 0 Å². The van der Waals surface area contributed by atoms with Gasteiger partial charge < -0.3 is 5.32 Å². The van der Waals surface area contributed by atoms with E-state index in [2.05, 4.69) is 16.3 Å². The van der Waals surface area contributed by atoms with Crippen LogP contribution in [0, 0.1) is 24.0 Å². The molecule has 1 saturated heterocycles. The smallest absolute Gasteiger partial charge is 0.293 e. The summed E-state index contributed by atoms with van der Waals surface area (Å²) in [5.41, 5.74) is 2.81. The number of aryl methyl sites for hydroxylation is 1. The van der Waals surface area contributed by atoms with Crippen LogP contribution >= 0.6 is 11.3 Å². The minimum atomic E-state index is -0.457. The van der Waals surface area contributed by atoms with Crippen LogP contribution in [0.1, 0.15) is 35.0 Å². The van der Waals surface area contributed by atoms with Crippen molar-refractivity contribution in [3.8, 4) is 0 Å². The number of fused-ring (bicyclic) bond motifs is 1. The van der Waals surface area contributed by atoms with Gasteiger partial charge in [0.25, 0.3) is 5.69 Å². The van der Waals surface area contributed by atoms with Crippen LogP contribution in [0.4, 0.5) is 11.4 Å². The van der Waals surface area contributed by atoms with Crippen LogP contribution < -0.4 is 5.32 Å². The van der Waals surface area contributed by atoms with Crippen LogP contribution in [0.15, 0.2) is 36.4 Å². The van der Waals surface area contributed by atoms with Gasteiger partial charge in [-0.25, -0.2) is 4.98 Å². The van der Waals surface area contributed by atoms with Gasteiger partial charge in [0.05, 0.1) is 27.7 Å². The average molecular weight is 410 g/mol. The highest BCUT2D eigenvalue weighted by Gasteiger charge is 2.30. The van der Waals surface area contributed by atoms with Crippen LogP contribution in [0.25, 0.3) is 10.2 Å². The second-order valence-electron chi connectivity index (χ2n) is 7.36. The second kappa shape index (κ2) is 7.88. The Labute approximate surface area is 172 Å². The second-order valence-corrected chi connectivity index (χ2v) is 8.42. The number of para-hydroxylation sites is 1. The highest BCUT2D eigenvalue weighted by atomic mass is 32.1. The topological polar surface area (TPSA) is 88.4 Å². The maximum atomic E-state index is 12.8. The lowest BCUT2D eigenvalue weighted by atomic mass is 10.1. The summed E-state index contributed by atoms with van der Waals surface area (Å²) in [5, 5.41) is 15.2. The standard InChI is InChI=1S/C21H22N4O3S/c1-13-9-10-16(25(27)28)20(14(13)2)23-19(26)12-24-11-5-7-17(24)21-22-15-6-3-4-8-18(15)29-21/h3-4,6,8-10,17H,5,7,11-12H2,1-2H3,(H,23,26)/t17-/m1/s1. The molecule has 1 N–H and O–H groups in total. The molecule has 150 valence electrons. The number of amides is 1. The largest absolute Gasteiger partial charge is 0.319 e. The molecule has 1 atom stereocenters. The summed E-state index contributed by atoms with van der Waals surface area (Å²) in [5.74, 6) is -0.241. The third-order valence-electron chi connectivity index (χ3n) is 5.48. The van der Waals surface area contributed by atoms with Crippen molar-refractivity contribution in [2.24, 2.45) is 0 Å². The Morgan fingerprint density at radius 2 is 2.10 bits per heavy atom. The van der Waals surface area contributed by atoms with E-state index in [-0.39, 0.29) is 29.9 Å². The van der Waals surface area contributed by atoms with Gasteiger partial charge in [-0.3, -0.25) is 19.8 Å². The first-order valence-corrected chi connectivity index (χ1v) is 10.4. The van der Waals surface area contributed by atoms with Gasteiger partial charge >= 0.3 is 0 Å². The summed E-state index contributed by atoms with van der Waals surface area (Å²) in [7, 11) is 0. The maximum Gasteiger partial charge on any atom is 0.293 e. The monoisotopic (exact) mass is 410 g/mol.